The summed E-state index contributed by atoms with van der Waals surface area (Å²) in [7, 11) is 0. The normalized spacial score (nSPS) is 12.3. The average molecular weight is 289 g/mol. The van der Waals surface area contributed by atoms with Crippen molar-refractivity contribution in [2.24, 2.45) is 5.41 Å². The number of hydrogen-bond donors (Lipinski definition) is 1. The fraction of sp³-hybridized carbons (Fsp3) is 0.500. The predicted octanol–water partition coefficient (Wildman–Crippen LogP) is 3.88. The van der Waals surface area contributed by atoms with Crippen LogP contribution in [-0.4, -0.2) is 12.6 Å². The van der Waals surface area contributed by atoms with Gasteiger partial charge in [-0.25, -0.2) is 4.79 Å². The lowest BCUT2D eigenvalue weighted by Crippen LogP contribution is -2.15. The molecule has 0 amide bonds. The van der Waals surface area contributed by atoms with Crippen LogP contribution in [0.1, 0.15) is 43.1 Å². The van der Waals surface area contributed by atoms with Gasteiger partial charge in [0.25, 0.3) is 0 Å². The van der Waals surface area contributed by atoms with Crippen LogP contribution < -0.4 is 5.73 Å². The van der Waals surface area contributed by atoms with Crippen LogP contribution in [0.5, 0.6) is 0 Å². The van der Waals surface area contributed by atoms with Crippen molar-refractivity contribution in [3.8, 4) is 0 Å². The first-order valence-corrected chi connectivity index (χ1v) is 6.14. The summed E-state index contributed by atoms with van der Waals surface area (Å²) in [6.45, 7) is 6.05. The highest BCUT2D eigenvalue weighted by atomic mass is 19.4. The summed E-state index contributed by atoms with van der Waals surface area (Å²) < 4.78 is 42.7. The largest absolute Gasteiger partial charge is 0.462 e. The highest BCUT2D eigenvalue weighted by molar-refractivity contribution is 5.95. The molecular weight excluding hydrogens is 271 g/mol. The molecule has 0 spiro atoms. The molecule has 1 aromatic carbocycles. The van der Waals surface area contributed by atoms with Crippen LogP contribution in [0.25, 0.3) is 0 Å². The van der Waals surface area contributed by atoms with E-state index >= 15 is 0 Å². The van der Waals surface area contributed by atoms with E-state index in [1.54, 1.807) is 0 Å². The Morgan fingerprint density at radius 2 is 1.85 bits per heavy atom. The van der Waals surface area contributed by atoms with Crippen LogP contribution in [0.4, 0.5) is 18.9 Å². The van der Waals surface area contributed by atoms with Gasteiger partial charge in [0.05, 0.1) is 17.7 Å². The standard InChI is InChI=1S/C14H18F3NO2/c1-13(2,3)6-7-20-12(19)10-8-9(14(15,16)17)4-5-11(10)18/h4-5,8H,6-7,18H2,1-3H3. The first-order chi connectivity index (χ1) is 9.00. The van der Waals surface area contributed by atoms with Gasteiger partial charge in [-0.1, -0.05) is 20.8 Å². The summed E-state index contributed by atoms with van der Waals surface area (Å²) in [4.78, 5) is 11.8. The highest BCUT2D eigenvalue weighted by Crippen LogP contribution is 2.31. The summed E-state index contributed by atoms with van der Waals surface area (Å²) in [6, 6.07) is 2.61. The van der Waals surface area contributed by atoms with E-state index in [2.05, 4.69) is 0 Å². The molecule has 0 atom stereocenters. The zero-order valence-corrected chi connectivity index (χ0v) is 11.7. The van der Waals surface area contributed by atoms with Crippen molar-refractivity contribution in [3.63, 3.8) is 0 Å². The summed E-state index contributed by atoms with van der Waals surface area (Å²) in [5.41, 5.74) is 4.29. The number of carbonyl (C=O) groups excluding carboxylic acids is 1. The molecule has 0 saturated heterocycles. The Labute approximate surface area is 115 Å². The topological polar surface area (TPSA) is 52.3 Å². The van der Waals surface area contributed by atoms with Gasteiger partial charge in [0.2, 0.25) is 0 Å². The Kier molecular flexibility index (Phi) is 4.68. The molecular formula is C14H18F3NO2. The lowest BCUT2D eigenvalue weighted by molar-refractivity contribution is -0.137. The third-order valence-electron chi connectivity index (χ3n) is 2.69. The molecule has 0 aliphatic carbocycles. The van der Waals surface area contributed by atoms with Crippen LogP contribution in [0.3, 0.4) is 0 Å². The second-order valence-corrected chi connectivity index (χ2v) is 5.75. The van der Waals surface area contributed by atoms with E-state index < -0.39 is 17.7 Å². The molecule has 112 valence electrons. The summed E-state index contributed by atoms with van der Waals surface area (Å²) in [5, 5.41) is 0. The fourth-order valence-corrected chi connectivity index (χ4v) is 1.44. The van der Waals surface area contributed by atoms with E-state index in [-0.39, 0.29) is 23.3 Å². The Bertz CT molecular complexity index is 490. The molecule has 3 nitrogen and oxygen atoms in total. The Balaban J connectivity index is 2.82. The molecule has 2 N–H and O–H groups in total. The van der Waals surface area contributed by atoms with E-state index in [1.807, 2.05) is 20.8 Å². The second-order valence-electron chi connectivity index (χ2n) is 5.75. The van der Waals surface area contributed by atoms with Crippen LogP contribution in [-0.2, 0) is 10.9 Å². The number of halogens is 3. The minimum absolute atomic E-state index is 0.0281. The molecule has 0 saturated carbocycles. The van der Waals surface area contributed by atoms with Crippen molar-refractivity contribution < 1.29 is 22.7 Å². The van der Waals surface area contributed by atoms with E-state index in [0.29, 0.717) is 6.42 Å². The van der Waals surface area contributed by atoms with Crippen LogP contribution in [0.2, 0.25) is 0 Å². The maximum atomic E-state index is 12.6. The number of rotatable bonds is 3. The minimum Gasteiger partial charge on any atom is -0.462 e. The molecule has 0 aromatic heterocycles. The molecule has 6 heteroatoms. The van der Waals surface area contributed by atoms with Gasteiger partial charge in [0, 0.05) is 5.69 Å². The van der Waals surface area contributed by atoms with Gasteiger partial charge in [-0.15, -0.1) is 0 Å². The molecule has 0 bridgehead atoms. The van der Waals surface area contributed by atoms with Gasteiger partial charge in [0.15, 0.2) is 0 Å². The summed E-state index contributed by atoms with van der Waals surface area (Å²) in [5.74, 6) is -0.835. The van der Waals surface area contributed by atoms with Crippen LogP contribution >= 0.6 is 0 Å². The number of ether oxygens (including phenoxy) is 1. The molecule has 0 radical (unpaired) electrons. The molecule has 0 aliphatic heterocycles. The summed E-state index contributed by atoms with van der Waals surface area (Å²) >= 11 is 0. The van der Waals surface area contributed by atoms with Gasteiger partial charge >= 0.3 is 12.1 Å². The fourth-order valence-electron chi connectivity index (χ4n) is 1.44. The molecule has 0 heterocycles. The monoisotopic (exact) mass is 289 g/mol. The van der Waals surface area contributed by atoms with Gasteiger partial charge < -0.3 is 10.5 Å². The summed E-state index contributed by atoms with van der Waals surface area (Å²) in [6.07, 6.45) is -3.91. The number of carbonyl (C=O) groups is 1. The number of esters is 1. The number of alkyl halides is 3. The van der Waals surface area contributed by atoms with E-state index in [0.717, 1.165) is 18.2 Å². The van der Waals surface area contributed by atoms with Crippen molar-refractivity contribution in [1.29, 1.82) is 0 Å². The van der Waals surface area contributed by atoms with Gasteiger partial charge in [0.1, 0.15) is 0 Å². The zero-order valence-electron chi connectivity index (χ0n) is 11.7. The quantitative estimate of drug-likeness (QED) is 0.678. The second kappa shape index (κ2) is 5.73. The van der Waals surface area contributed by atoms with Crippen LogP contribution in [0, 0.1) is 5.41 Å². The van der Waals surface area contributed by atoms with E-state index in [9.17, 15) is 18.0 Å². The predicted molar refractivity (Wildman–Crippen MR) is 70.2 cm³/mol. The van der Waals surface area contributed by atoms with Gasteiger partial charge in [-0.05, 0) is 30.0 Å². The molecule has 0 unspecified atom stereocenters. The Morgan fingerprint density at radius 3 is 2.35 bits per heavy atom. The van der Waals surface area contributed by atoms with Gasteiger partial charge in [-0.3, -0.25) is 0 Å². The van der Waals surface area contributed by atoms with Crippen molar-refractivity contribution in [2.75, 3.05) is 12.3 Å². The Hall–Kier alpha value is -1.72. The zero-order chi connectivity index (χ0) is 15.6. The third kappa shape index (κ3) is 4.75. The lowest BCUT2D eigenvalue weighted by Gasteiger charge is -2.18. The highest BCUT2D eigenvalue weighted by Gasteiger charge is 2.31. The van der Waals surface area contributed by atoms with Crippen molar-refractivity contribution >= 4 is 11.7 Å². The Morgan fingerprint density at radius 1 is 1.25 bits per heavy atom. The van der Waals surface area contributed by atoms with Crippen molar-refractivity contribution in [1.82, 2.24) is 0 Å². The molecule has 1 aromatic rings. The molecule has 20 heavy (non-hydrogen) atoms. The number of nitrogen functional groups attached to an aromatic ring is 1. The smallest absolute Gasteiger partial charge is 0.416 e. The first-order valence-electron chi connectivity index (χ1n) is 6.14. The maximum absolute atomic E-state index is 12.6. The third-order valence-corrected chi connectivity index (χ3v) is 2.69. The van der Waals surface area contributed by atoms with Crippen molar-refractivity contribution in [2.45, 2.75) is 33.4 Å². The van der Waals surface area contributed by atoms with E-state index in [4.69, 9.17) is 10.5 Å². The number of anilines is 1. The van der Waals surface area contributed by atoms with Crippen molar-refractivity contribution in [3.05, 3.63) is 29.3 Å². The molecule has 0 aliphatic rings. The van der Waals surface area contributed by atoms with Crippen LogP contribution in [0.15, 0.2) is 18.2 Å². The number of hydrogen-bond acceptors (Lipinski definition) is 3. The molecule has 1 rings (SSSR count). The number of benzene rings is 1. The maximum Gasteiger partial charge on any atom is 0.416 e. The average Bonchev–Trinajstić information content (AvgIpc) is 2.25. The first kappa shape index (κ1) is 16.3. The van der Waals surface area contributed by atoms with Gasteiger partial charge in [-0.2, -0.15) is 13.2 Å². The molecule has 0 fully saturated rings. The lowest BCUT2D eigenvalue weighted by atomic mass is 9.93. The minimum atomic E-state index is -4.52. The SMILES string of the molecule is CC(C)(C)CCOC(=O)c1cc(C(F)(F)F)ccc1N. The number of nitrogens with two attached hydrogens (primary N) is 1. The van der Waals surface area contributed by atoms with E-state index in [1.165, 1.54) is 0 Å².